The number of fused-ring (bicyclic) bond motifs is 5. The minimum absolute atomic E-state index is 0.0878. The maximum absolute atomic E-state index is 6.42. The van der Waals surface area contributed by atoms with Gasteiger partial charge in [0.05, 0.1) is 0 Å². The predicted octanol–water partition coefficient (Wildman–Crippen LogP) is 9.94. The average molecular weight is 547 g/mol. The third-order valence-corrected chi connectivity index (χ3v) is 8.69. The summed E-state index contributed by atoms with van der Waals surface area (Å²) in [5.41, 5.74) is 23.1. The molecule has 0 unspecified atom stereocenters. The van der Waals surface area contributed by atoms with Crippen LogP contribution in [0.15, 0.2) is 128 Å². The van der Waals surface area contributed by atoms with Crippen LogP contribution in [0.1, 0.15) is 48.9 Å². The average Bonchev–Trinajstić information content (AvgIpc) is 3.23. The molecular formula is C40H38N2. The highest BCUT2D eigenvalue weighted by atomic mass is 14.5. The number of aryl methyl sites for hydroxylation is 1. The third kappa shape index (κ3) is 4.63. The van der Waals surface area contributed by atoms with Gasteiger partial charge in [0.2, 0.25) is 0 Å². The second-order valence-corrected chi connectivity index (χ2v) is 11.7. The molecule has 6 rings (SSSR count). The first-order chi connectivity index (χ1) is 20.5. The normalized spacial score (nSPS) is 14.5. The van der Waals surface area contributed by atoms with Gasteiger partial charge in [-0.2, -0.15) is 0 Å². The van der Waals surface area contributed by atoms with Crippen LogP contribution in [0, 0.1) is 6.92 Å². The largest absolute Gasteiger partial charge is 0.405 e. The molecule has 2 nitrogen and oxygen atoms in total. The summed E-state index contributed by atoms with van der Waals surface area (Å²) in [5.74, 6) is 0. The second kappa shape index (κ2) is 11.2. The molecule has 1 aliphatic rings. The van der Waals surface area contributed by atoms with Gasteiger partial charge in [-0.15, -0.1) is 0 Å². The van der Waals surface area contributed by atoms with E-state index in [-0.39, 0.29) is 5.41 Å². The molecule has 2 heteroatoms. The molecule has 0 saturated heterocycles. The zero-order valence-corrected chi connectivity index (χ0v) is 24.7. The van der Waals surface area contributed by atoms with Crippen molar-refractivity contribution in [2.45, 2.75) is 39.0 Å². The van der Waals surface area contributed by atoms with Crippen LogP contribution in [0.2, 0.25) is 0 Å². The molecular weight excluding hydrogens is 508 g/mol. The fourth-order valence-corrected chi connectivity index (χ4v) is 6.58. The minimum Gasteiger partial charge on any atom is -0.405 e. The zero-order chi connectivity index (χ0) is 29.3. The molecule has 0 atom stereocenters. The first kappa shape index (κ1) is 27.4. The van der Waals surface area contributed by atoms with E-state index in [9.17, 15) is 0 Å². The van der Waals surface area contributed by atoms with E-state index in [0.29, 0.717) is 0 Å². The molecule has 0 aliphatic heterocycles. The Bertz CT molecular complexity index is 1910. The molecule has 0 amide bonds. The van der Waals surface area contributed by atoms with Crippen LogP contribution < -0.4 is 11.5 Å². The Labute approximate surface area is 249 Å². The number of allylic oxidation sites excluding steroid dienone is 6. The van der Waals surface area contributed by atoms with Crippen LogP contribution in [0.3, 0.4) is 0 Å². The Morgan fingerprint density at radius 3 is 2.17 bits per heavy atom. The van der Waals surface area contributed by atoms with Crippen LogP contribution >= 0.6 is 0 Å². The molecule has 0 fully saturated rings. The lowest BCUT2D eigenvalue weighted by atomic mass is 9.79. The fourth-order valence-electron chi connectivity index (χ4n) is 6.58. The van der Waals surface area contributed by atoms with Crippen LogP contribution in [0.5, 0.6) is 0 Å². The summed E-state index contributed by atoms with van der Waals surface area (Å²) in [6, 6.07) is 31.5. The SMILES string of the molecule is Cc1ccc(-c2c3ccccc3c(C(/C=C\CC/C=C\C=C/N)=C/N)c3cc4c(cc23)C(C)(C)c2ccccc2-4)cc1. The highest BCUT2D eigenvalue weighted by Gasteiger charge is 2.36. The lowest BCUT2D eigenvalue weighted by Gasteiger charge is -2.24. The molecule has 0 radical (unpaired) electrons. The van der Waals surface area contributed by atoms with Crippen molar-refractivity contribution < 1.29 is 0 Å². The van der Waals surface area contributed by atoms with Gasteiger partial charge in [-0.1, -0.05) is 117 Å². The minimum atomic E-state index is -0.0878. The first-order valence-electron chi connectivity index (χ1n) is 14.8. The number of hydrogen-bond donors (Lipinski definition) is 2. The van der Waals surface area contributed by atoms with Crippen molar-refractivity contribution >= 4 is 27.1 Å². The van der Waals surface area contributed by atoms with E-state index < -0.39 is 0 Å². The molecule has 42 heavy (non-hydrogen) atoms. The van der Waals surface area contributed by atoms with E-state index in [4.69, 9.17) is 11.5 Å². The molecule has 0 aromatic heterocycles. The van der Waals surface area contributed by atoms with Crippen molar-refractivity contribution in [3.05, 3.63) is 150 Å². The Morgan fingerprint density at radius 2 is 1.40 bits per heavy atom. The molecule has 1 aliphatic carbocycles. The van der Waals surface area contributed by atoms with Crippen LogP contribution in [-0.2, 0) is 5.41 Å². The number of hydrogen-bond acceptors (Lipinski definition) is 2. The third-order valence-electron chi connectivity index (χ3n) is 8.69. The number of unbranched alkanes of at least 4 members (excludes halogenated alkanes) is 1. The van der Waals surface area contributed by atoms with Gasteiger partial charge in [0.15, 0.2) is 0 Å². The molecule has 5 aromatic rings. The first-order valence-corrected chi connectivity index (χ1v) is 14.8. The van der Waals surface area contributed by atoms with Crippen molar-refractivity contribution in [1.82, 2.24) is 0 Å². The van der Waals surface area contributed by atoms with Gasteiger partial charge in [0.25, 0.3) is 0 Å². The molecule has 4 N–H and O–H groups in total. The van der Waals surface area contributed by atoms with Gasteiger partial charge < -0.3 is 11.5 Å². The van der Waals surface area contributed by atoms with E-state index in [0.717, 1.165) is 18.4 Å². The van der Waals surface area contributed by atoms with Gasteiger partial charge in [-0.05, 0) is 110 Å². The quantitative estimate of drug-likeness (QED) is 0.121. The van der Waals surface area contributed by atoms with Crippen LogP contribution in [0.25, 0.3) is 49.4 Å². The molecule has 0 bridgehead atoms. The summed E-state index contributed by atoms with van der Waals surface area (Å²) in [4.78, 5) is 0. The summed E-state index contributed by atoms with van der Waals surface area (Å²) in [6.07, 6.45) is 15.5. The smallest absolute Gasteiger partial charge is 0.0159 e. The monoisotopic (exact) mass is 546 g/mol. The summed E-state index contributed by atoms with van der Waals surface area (Å²) in [6.45, 7) is 6.84. The predicted molar refractivity (Wildman–Crippen MR) is 182 cm³/mol. The van der Waals surface area contributed by atoms with E-state index in [1.54, 1.807) is 12.4 Å². The lowest BCUT2D eigenvalue weighted by Crippen LogP contribution is -2.14. The zero-order valence-electron chi connectivity index (χ0n) is 24.7. The Morgan fingerprint density at radius 1 is 0.690 bits per heavy atom. The van der Waals surface area contributed by atoms with Gasteiger partial charge >= 0.3 is 0 Å². The second-order valence-electron chi connectivity index (χ2n) is 11.7. The molecule has 0 heterocycles. The fraction of sp³-hybridized carbons (Fsp3) is 0.150. The summed E-state index contributed by atoms with van der Waals surface area (Å²) in [5, 5.41) is 4.93. The van der Waals surface area contributed by atoms with Gasteiger partial charge in [0.1, 0.15) is 0 Å². The van der Waals surface area contributed by atoms with Gasteiger partial charge in [0, 0.05) is 11.6 Å². The van der Waals surface area contributed by atoms with E-state index in [1.807, 2.05) is 12.2 Å². The van der Waals surface area contributed by atoms with E-state index in [2.05, 4.69) is 124 Å². The molecule has 5 aromatic carbocycles. The van der Waals surface area contributed by atoms with Crippen LogP contribution in [-0.4, -0.2) is 0 Å². The van der Waals surface area contributed by atoms with E-state index >= 15 is 0 Å². The lowest BCUT2D eigenvalue weighted by molar-refractivity contribution is 0.661. The van der Waals surface area contributed by atoms with Gasteiger partial charge in [-0.25, -0.2) is 0 Å². The summed E-state index contributed by atoms with van der Waals surface area (Å²) >= 11 is 0. The van der Waals surface area contributed by atoms with Gasteiger partial charge in [-0.3, -0.25) is 0 Å². The Hall–Kier alpha value is -4.82. The highest BCUT2D eigenvalue weighted by Crippen LogP contribution is 2.52. The van der Waals surface area contributed by atoms with Crippen molar-refractivity contribution in [2.24, 2.45) is 11.5 Å². The molecule has 0 saturated carbocycles. The van der Waals surface area contributed by atoms with Crippen molar-refractivity contribution in [3.63, 3.8) is 0 Å². The summed E-state index contributed by atoms with van der Waals surface area (Å²) < 4.78 is 0. The molecule has 0 spiro atoms. The Kier molecular flexibility index (Phi) is 7.31. The number of rotatable bonds is 7. The Balaban J connectivity index is 1.65. The molecule has 208 valence electrons. The van der Waals surface area contributed by atoms with Crippen molar-refractivity contribution in [2.75, 3.05) is 0 Å². The number of benzene rings is 5. The number of nitrogens with two attached hydrogens (primary N) is 2. The topological polar surface area (TPSA) is 52.0 Å². The maximum Gasteiger partial charge on any atom is 0.0159 e. The van der Waals surface area contributed by atoms with Crippen molar-refractivity contribution in [1.29, 1.82) is 0 Å². The van der Waals surface area contributed by atoms with E-state index in [1.165, 1.54) is 66.1 Å². The van der Waals surface area contributed by atoms with Crippen molar-refractivity contribution in [3.8, 4) is 22.3 Å². The highest BCUT2D eigenvalue weighted by molar-refractivity contribution is 6.20. The standard InChI is InChI=1S/C40H38N2/c1-27-19-21-28(22-20-27)38-31-16-9-10-17-32(31)39(29(26-42)14-8-6-4-5-7-13-23-41)34-24-33-30-15-11-12-18-36(30)40(2,3)37(33)25-35(34)38/h5,7-26H,4,6,41-42H2,1-3H3/b7-5-,14-8-,23-13-,29-26+. The summed E-state index contributed by atoms with van der Waals surface area (Å²) in [7, 11) is 0. The van der Waals surface area contributed by atoms with Crippen LogP contribution in [0.4, 0.5) is 0 Å². The maximum atomic E-state index is 6.42.